The number of nitrogen functional groups attached to an aromatic ring is 1. The second kappa shape index (κ2) is 10.9. The van der Waals surface area contributed by atoms with Crippen LogP contribution in [0.15, 0.2) is 60.8 Å². The molecule has 1 aromatic heterocycles. The number of pyridine rings is 1. The van der Waals surface area contributed by atoms with Crippen LogP contribution in [0.4, 0.5) is 11.5 Å². The molecule has 1 saturated heterocycles. The number of amides is 1. The lowest BCUT2D eigenvalue weighted by Gasteiger charge is -2.43. The molecule has 2 heterocycles. The summed E-state index contributed by atoms with van der Waals surface area (Å²) >= 11 is 18.7. The molecule has 0 radical (unpaired) electrons. The van der Waals surface area contributed by atoms with E-state index in [1.165, 1.54) is 0 Å². The van der Waals surface area contributed by atoms with E-state index in [2.05, 4.69) is 9.88 Å². The lowest BCUT2D eigenvalue weighted by molar-refractivity contribution is 0.0722. The van der Waals surface area contributed by atoms with Gasteiger partial charge in [-0.25, -0.2) is 4.98 Å². The lowest BCUT2D eigenvalue weighted by atomic mass is 10.0. The Morgan fingerprint density at radius 2 is 1.69 bits per heavy atom. The smallest absolute Gasteiger partial charge is 0.257 e. The Balaban J connectivity index is 0.00000141. The zero-order valence-electron chi connectivity index (χ0n) is 17.9. The number of aromatic nitrogens is 1. The van der Waals surface area contributed by atoms with Crippen LogP contribution in [0.2, 0.25) is 15.1 Å². The van der Waals surface area contributed by atoms with Gasteiger partial charge in [0.2, 0.25) is 0 Å². The molecule has 3 aromatic rings. The summed E-state index contributed by atoms with van der Waals surface area (Å²) < 4.78 is 0. The first-order valence-electron chi connectivity index (χ1n) is 10.4. The van der Waals surface area contributed by atoms with Crippen molar-refractivity contribution in [2.75, 3.05) is 30.3 Å². The molecule has 1 unspecified atom stereocenters. The van der Waals surface area contributed by atoms with E-state index >= 15 is 0 Å². The van der Waals surface area contributed by atoms with Crippen LogP contribution in [0.1, 0.15) is 35.8 Å². The Kier molecular flexibility index (Phi) is 8.24. The Morgan fingerprint density at radius 1 is 1.00 bits per heavy atom. The van der Waals surface area contributed by atoms with Gasteiger partial charge in [0.15, 0.2) is 0 Å². The van der Waals surface area contributed by atoms with Crippen LogP contribution in [0, 0.1) is 0 Å². The van der Waals surface area contributed by atoms with Crippen LogP contribution in [0.3, 0.4) is 0 Å². The molecule has 32 heavy (non-hydrogen) atoms. The largest absolute Gasteiger partial charge is 0.383 e. The van der Waals surface area contributed by atoms with Crippen molar-refractivity contribution in [3.05, 3.63) is 87.0 Å². The minimum absolute atomic E-state index is 0.114. The van der Waals surface area contributed by atoms with Gasteiger partial charge < -0.3 is 15.5 Å². The summed E-state index contributed by atoms with van der Waals surface area (Å²) in [5, 5.41) is 1.80. The highest BCUT2D eigenvalue weighted by molar-refractivity contribution is 6.36. The number of piperazine rings is 1. The van der Waals surface area contributed by atoms with E-state index in [0.29, 0.717) is 40.3 Å². The molecule has 0 saturated carbocycles. The first-order chi connectivity index (χ1) is 15.4. The Bertz CT molecular complexity index is 1080. The molecular formula is C24H25Cl3N4O. The van der Waals surface area contributed by atoms with E-state index < -0.39 is 0 Å². The van der Waals surface area contributed by atoms with Crippen molar-refractivity contribution in [1.29, 1.82) is 0 Å². The number of rotatable bonds is 3. The summed E-state index contributed by atoms with van der Waals surface area (Å²) in [4.78, 5) is 21.2. The van der Waals surface area contributed by atoms with E-state index in [1.807, 2.05) is 50.2 Å². The van der Waals surface area contributed by atoms with E-state index in [1.54, 1.807) is 29.3 Å². The maximum absolute atomic E-state index is 13.1. The molecule has 1 fully saturated rings. The van der Waals surface area contributed by atoms with Gasteiger partial charge in [0.1, 0.15) is 5.82 Å². The molecule has 1 atom stereocenters. The van der Waals surface area contributed by atoms with Crippen molar-refractivity contribution < 1.29 is 4.79 Å². The fourth-order valence-corrected chi connectivity index (χ4v) is 4.35. The van der Waals surface area contributed by atoms with Crippen LogP contribution in [0.25, 0.3) is 0 Å². The summed E-state index contributed by atoms with van der Waals surface area (Å²) in [7, 11) is 0. The molecule has 1 amide bonds. The number of hydrogen-bond acceptors (Lipinski definition) is 4. The number of nitrogens with two attached hydrogens (primary N) is 1. The highest BCUT2D eigenvalue weighted by Crippen LogP contribution is 2.37. The highest BCUT2D eigenvalue weighted by atomic mass is 35.5. The van der Waals surface area contributed by atoms with Crippen LogP contribution in [0.5, 0.6) is 0 Å². The molecule has 2 aromatic carbocycles. The Hall–Kier alpha value is -2.47. The number of benzene rings is 2. The zero-order valence-corrected chi connectivity index (χ0v) is 20.2. The lowest BCUT2D eigenvalue weighted by Crippen LogP contribution is -2.50. The van der Waals surface area contributed by atoms with E-state index in [4.69, 9.17) is 40.5 Å². The van der Waals surface area contributed by atoms with Gasteiger partial charge in [0.05, 0.1) is 22.3 Å². The summed E-state index contributed by atoms with van der Waals surface area (Å²) in [6, 6.07) is 16.4. The molecule has 4 rings (SSSR count). The van der Waals surface area contributed by atoms with Gasteiger partial charge in [-0.05, 0) is 48.0 Å². The molecule has 168 valence electrons. The number of hydrogen-bond donors (Lipinski definition) is 1. The molecule has 0 spiro atoms. The fourth-order valence-electron chi connectivity index (χ4n) is 3.71. The van der Waals surface area contributed by atoms with Crippen LogP contribution in [-0.4, -0.2) is 35.4 Å². The van der Waals surface area contributed by atoms with E-state index in [9.17, 15) is 4.79 Å². The number of nitrogens with zero attached hydrogens (tertiary/aromatic N) is 3. The monoisotopic (exact) mass is 490 g/mol. The first-order valence-corrected chi connectivity index (χ1v) is 11.5. The highest BCUT2D eigenvalue weighted by Gasteiger charge is 2.32. The van der Waals surface area contributed by atoms with Crippen molar-refractivity contribution >= 4 is 52.2 Å². The number of carbonyl (C=O) groups excluding carboxylic acids is 1. The SMILES string of the molecule is CC.Nc1ncccc1C(=O)N1CCN(c2ccc(Cl)cc2Cl)C(c2ccc(Cl)cc2)C1. The second-order valence-electron chi connectivity index (χ2n) is 7.04. The van der Waals surface area contributed by atoms with E-state index in [-0.39, 0.29) is 17.8 Å². The van der Waals surface area contributed by atoms with Crippen LogP contribution in [-0.2, 0) is 0 Å². The molecule has 8 heteroatoms. The summed E-state index contributed by atoms with van der Waals surface area (Å²) in [6.45, 7) is 5.59. The third-order valence-corrected chi connectivity index (χ3v) is 6.00. The summed E-state index contributed by atoms with van der Waals surface area (Å²) in [6.07, 6.45) is 1.57. The van der Waals surface area contributed by atoms with Crippen molar-refractivity contribution in [3.63, 3.8) is 0 Å². The van der Waals surface area contributed by atoms with E-state index in [0.717, 1.165) is 11.3 Å². The predicted molar refractivity (Wildman–Crippen MR) is 134 cm³/mol. The fraction of sp³-hybridized carbons (Fsp3) is 0.250. The van der Waals surface area contributed by atoms with Crippen molar-refractivity contribution in [2.24, 2.45) is 0 Å². The minimum atomic E-state index is -0.138. The number of halogens is 3. The maximum atomic E-state index is 13.1. The van der Waals surface area contributed by atoms with Gasteiger partial charge in [-0.3, -0.25) is 4.79 Å². The summed E-state index contributed by atoms with van der Waals surface area (Å²) in [5.41, 5.74) is 8.24. The van der Waals surface area contributed by atoms with Gasteiger partial charge in [-0.2, -0.15) is 0 Å². The van der Waals surface area contributed by atoms with Gasteiger partial charge >= 0.3 is 0 Å². The molecule has 0 aliphatic carbocycles. The normalized spacial score (nSPS) is 15.7. The standard InChI is InChI=1S/C22H19Cl3N4O.C2H6/c23-15-5-3-14(4-6-15)20-13-28(22(30)17-2-1-9-27-21(17)26)10-11-29(20)19-8-7-16(24)12-18(19)25;1-2/h1-9,12,20H,10-11,13H2,(H2,26,27);1-2H3. The van der Waals surface area contributed by atoms with Gasteiger partial charge in [0, 0.05) is 35.9 Å². The van der Waals surface area contributed by atoms with Crippen molar-refractivity contribution in [1.82, 2.24) is 9.88 Å². The Morgan fingerprint density at radius 3 is 2.34 bits per heavy atom. The zero-order chi connectivity index (χ0) is 23.3. The van der Waals surface area contributed by atoms with Gasteiger partial charge in [-0.15, -0.1) is 0 Å². The number of anilines is 2. The molecular weight excluding hydrogens is 467 g/mol. The van der Waals surface area contributed by atoms with Gasteiger partial charge in [-0.1, -0.05) is 60.8 Å². The van der Waals surface area contributed by atoms with Crippen molar-refractivity contribution in [3.8, 4) is 0 Å². The molecule has 5 nitrogen and oxygen atoms in total. The average molecular weight is 492 g/mol. The maximum Gasteiger partial charge on any atom is 0.257 e. The minimum Gasteiger partial charge on any atom is -0.383 e. The summed E-state index contributed by atoms with van der Waals surface area (Å²) in [5.74, 6) is 0.0927. The quantitative estimate of drug-likeness (QED) is 0.463. The molecule has 2 N–H and O–H groups in total. The molecule has 0 bridgehead atoms. The van der Waals surface area contributed by atoms with Crippen molar-refractivity contribution in [2.45, 2.75) is 19.9 Å². The van der Waals surface area contributed by atoms with Crippen LogP contribution >= 0.6 is 34.8 Å². The number of carbonyl (C=O) groups is 1. The first kappa shape index (κ1) is 24.2. The molecule has 1 aliphatic rings. The topological polar surface area (TPSA) is 62.5 Å². The molecule has 1 aliphatic heterocycles. The average Bonchev–Trinajstić information content (AvgIpc) is 2.81. The van der Waals surface area contributed by atoms with Crippen LogP contribution < -0.4 is 10.6 Å². The third-order valence-electron chi connectivity index (χ3n) is 5.21. The second-order valence-corrected chi connectivity index (χ2v) is 8.32. The predicted octanol–water partition coefficient (Wildman–Crippen LogP) is 6.35. The van der Waals surface area contributed by atoms with Gasteiger partial charge in [0.25, 0.3) is 5.91 Å². The Labute approximate surface area is 203 Å². The third kappa shape index (κ3) is 5.29.